The van der Waals surface area contributed by atoms with Gasteiger partial charge in [-0.15, -0.1) is 0 Å². The lowest BCUT2D eigenvalue weighted by Gasteiger charge is -2.19. The van der Waals surface area contributed by atoms with Gasteiger partial charge in [0, 0.05) is 24.3 Å². The summed E-state index contributed by atoms with van der Waals surface area (Å²) < 4.78 is 5.70. The van der Waals surface area contributed by atoms with Gasteiger partial charge in [0.05, 0.1) is 12.2 Å². The SMILES string of the molecule is C=C(C)COc1ccccc1NCC(=O)Nc1cccc(C(=O)N(CC)CC)c1. The Labute approximate surface area is 172 Å². The van der Waals surface area contributed by atoms with E-state index in [0.717, 1.165) is 11.3 Å². The van der Waals surface area contributed by atoms with Gasteiger partial charge in [-0.1, -0.05) is 24.8 Å². The predicted molar refractivity (Wildman–Crippen MR) is 118 cm³/mol. The molecule has 2 aromatic carbocycles. The van der Waals surface area contributed by atoms with Crippen LogP contribution in [0.5, 0.6) is 5.75 Å². The second kappa shape index (κ2) is 10.9. The summed E-state index contributed by atoms with van der Waals surface area (Å²) in [5.74, 6) is 0.398. The molecule has 0 atom stereocenters. The molecule has 0 saturated heterocycles. The second-order valence-electron chi connectivity index (χ2n) is 6.70. The molecule has 6 heteroatoms. The van der Waals surface area contributed by atoms with E-state index in [-0.39, 0.29) is 18.4 Å². The van der Waals surface area contributed by atoms with Crippen LogP contribution < -0.4 is 15.4 Å². The Morgan fingerprint density at radius 1 is 1.07 bits per heavy atom. The minimum atomic E-state index is -0.216. The number of ether oxygens (including phenoxy) is 1. The van der Waals surface area contributed by atoms with E-state index in [0.29, 0.717) is 36.7 Å². The minimum Gasteiger partial charge on any atom is -0.487 e. The molecule has 0 aliphatic heterocycles. The summed E-state index contributed by atoms with van der Waals surface area (Å²) in [7, 11) is 0. The number of para-hydroxylation sites is 2. The summed E-state index contributed by atoms with van der Waals surface area (Å²) in [4.78, 5) is 26.6. The van der Waals surface area contributed by atoms with Gasteiger partial charge in [0.15, 0.2) is 0 Å². The Morgan fingerprint density at radius 2 is 1.79 bits per heavy atom. The van der Waals surface area contributed by atoms with Crippen LogP contribution in [0.3, 0.4) is 0 Å². The van der Waals surface area contributed by atoms with Crippen molar-refractivity contribution in [3.8, 4) is 5.75 Å². The van der Waals surface area contributed by atoms with Crippen molar-refractivity contribution in [1.29, 1.82) is 0 Å². The van der Waals surface area contributed by atoms with Crippen molar-refractivity contribution >= 4 is 23.2 Å². The van der Waals surface area contributed by atoms with E-state index in [1.165, 1.54) is 0 Å². The summed E-state index contributed by atoms with van der Waals surface area (Å²) in [6, 6.07) is 14.4. The third kappa shape index (κ3) is 6.68. The van der Waals surface area contributed by atoms with Gasteiger partial charge < -0.3 is 20.3 Å². The van der Waals surface area contributed by atoms with Gasteiger partial charge in [-0.3, -0.25) is 9.59 Å². The third-order valence-electron chi connectivity index (χ3n) is 4.24. The smallest absolute Gasteiger partial charge is 0.253 e. The molecule has 2 rings (SSSR count). The quantitative estimate of drug-likeness (QED) is 0.592. The van der Waals surface area contributed by atoms with E-state index in [1.807, 2.05) is 45.0 Å². The van der Waals surface area contributed by atoms with E-state index in [4.69, 9.17) is 4.74 Å². The highest BCUT2D eigenvalue weighted by molar-refractivity contribution is 5.98. The van der Waals surface area contributed by atoms with Gasteiger partial charge >= 0.3 is 0 Å². The van der Waals surface area contributed by atoms with Gasteiger partial charge in [-0.2, -0.15) is 0 Å². The Hall–Kier alpha value is -3.28. The van der Waals surface area contributed by atoms with Crippen molar-refractivity contribution in [2.24, 2.45) is 0 Å². The molecule has 0 aliphatic carbocycles. The van der Waals surface area contributed by atoms with Crippen LogP contribution in [-0.2, 0) is 4.79 Å². The van der Waals surface area contributed by atoms with E-state index >= 15 is 0 Å². The molecule has 0 aliphatic rings. The van der Waals surface area contributed by atoms with Gasteiger partial charge in [0.2, 0.25) is 5.91 Å². The molecule has 29 heavy (non-hydrogen) atoms. The van der Waals surface area contributed by atoms with Crippen molar-refractivity contribution in [3.63, 3.8) is 0 Å². The predicted octanol–water partition coefficient (Wildman–Crippen LogP) is 4.17. The van der Waals surface area contributed by atoms with Crippen LogP contribution >= 0.6 is 0 Å². The molecule has 2 N–H and O–H groups in total. The summed E-state index contributed by atoms with van der Waals surface area (Å²) in [5, 5.41) is 5.91. The van der Waals surface area contributed by atoms with Gasteiger partial charge in [0.1, 0.15) is 12.4 Å². The maximum Gasteiger partial charge on any atom is 0.253 e. The summed E-state index contributed by atoms with van der Waals surface area (Å²) in [6.45, 7) is 11.4. The molecule has 154 valence electrons. The molecule has 0 fully saturated rings. The first-order chi connectivity index (χ1) is 13.9. The first kappa shape index (κ1) is 22.0. The molecule has 0 radical (unpaired) electrons. The number of benzene rings is 2. The summed E-state index contributed by atoms with van der Waals surface area (Å²) in [5.41, 5.74) is 2.78. The number of carbonyl (C=O) groups is 2. The van der Waals surface area contributed by atoms with Crippen molar-refractivity contribution in [3.05, 3.63) is 66.2 Å². The number of nitrogens with zero attached hydrogens (tertiary/aromatic N) is 1. The number of anilines is 2. The molecule has 2 amide bonds. The van der Waals surface area contributed by atoms with E-state index in [1.54, 1.807) is 29.2 Å². The van der Waals surface area contributed by atoms with Crippen molar-refractivity contribution < 1.29 is 14.3 Å². The lowest BCUT2D eigenvalue weighted by atomic mass is 10.1. The Kier molecular flexibility index (Phi) is 8.27. The van der Waals surface area contributed by atoms with Crippen LogP contribution in [0.2, 0.25) is 0 Å². The van der Waals surface area contributed by atoms with Gasteiger partial charge in [-0.25, -0.2) is 0 Å². The molecular weight excluding hydrogens is 366 g/mol. The molecule has 0 unspecified atom stereocenters. The average Bonchev–Trinajstić information content (AvgIpc) is 2.72. The molecule has 0 bridgehead atoms. The van der Waals surface area contributed by atoms with Crippen LogP contribution in [0.25, 0.3) is 0 Å². The third-order valence-corrected chi connectivity index (χ3v) is 4.24. The van der Waals surface area contributed by atoms with Crippen molar-refractivity contribution in [2.45, 2.75) is 20.8 Å². The summed E-state index contributed by atoms with van der Waals surface area (Å²) >= 11 is 0. The highest BCUT2D eigenvalue weighted by atomic mass is 16.5. The van der Waals surface area contributed by atoms with E-state index in [9.17, 15) is 9.59 Å². The highest BCUT2D eigenvalue weighted by Gasteiger charge is 2.13. The maximum atomic E-state index is 12.5. The topological polar surface area (TPSA) is 70.7 Å². The molecule has 2 aromatic rings. The zero-order valence-corrected chi connectivity index (χ0v) is 17.3. The maximum absolute atomic E-state index is 12.5. The van der Waals surface area contributed by atoms with Crippen LogP contribution in [-0.4, -0.2) is 43.0 Å². The standard InChI is InChI=1S/C23H29N3O3/c1-5-26(6-2)23(28)18-10-9-11-19(14-18)25-22(27)15-24-20-12-7-8-13-21(20)29-16-17(3)4/h7-14,24H,3,5-6,15-16H2,1-2,4H3,(H,25,27). The monoisotopic (exact) mass is 395 g/mol. The number of amides is 2. The Morgan fingerprint density at radius 3 is 2.48 bits per heavy atom. The number of rotatable bonds is 10. The zero-order chi connectivity index (χ0) is 21.2. The van der Waals surface area contributed by atoms with Crippen molar-refractivity contribution in [1.82, 2.24) is 4.90 Å². The number of carbonyl (C=O) groups excluding carboxylic acids is 2. The fraction of sp³-hybridized carbons (Fsp3) is 0.304. The minimum absolute atomic E-state index is 0.0483. The fourth-order valence-electron chi connectivity index (χ4n) is 2.74. The zero-order valence-electron chi connectivity index (χ0n) is 17.3. The molecule has 0 heterocycles. The van der Waals surface area contributed by atoms with E-state index < -0.39 is 0 Å². The lowest BCUT2D eigenvalue weighted by Crippen LogP contribution is -2.30. The average molecular weight is 396 g/mol. The molecule has 0 aromatic heterocycles. The second-order valence-corrected chi connectivity index (χ2v) is 6.70. The molecule has 0 spiro atoms. The fourth-order valence-corrected chi connectivity index (χ4v) is 2.74. The van der Waals surface area contributed by atoms with Crippen molar-refractivity contribution in [2.75, 3.05) is 36.9 Å². The number of hydrogen-bond donors (Lipinski definition) is 2. The molecule has 6 nitrogen and oxygen atoms in total. The molecule has 0 saturated carbocycles. The number of nitrogens with one attached hydrogen (secondary N) is 2. The molecular formula is C23H29N3O3. The Balaban J connectivity index is 1.98. The van der Waals surface area contributed by atoms with Crippen LogP contribution in [0.15, 0.2) is 60.7 Å². The van der Waals surface area contributed by atoms with Crippen LogP contribution in [0, 0.1) is 0 Å². The Bertz CT molecular complexity index is 860. The largest absolute Gasteiger partial charge is 0.487 e. The first-order valence-electron chi connectivity index (χ1n) is 9.73. The van der Waals surface area contributed by atoms with E-state index in [2.05, 4.69) is 17.2 Å². The van der Waals surface area contributed by atoms with Crippen LogP contribution in [0.1, 0.15) is 31.1 Å². The van der Waals surface area contributed by atoms with Crippen LogP contribution in [0.4, 0.5) is 11.4 Å². The van der Waals surface area contributed by atoms with Gasteiger partial charge in [0.25, 0.3) is 5.91 Å². The normalized spacial score (nSPS) is 10.2. The number of hydrogen-bond acceptors (Lipinski definition) is 4. The first-order valence-corrected chi connectivity index (χ1v) is 9.73. The lowest BCUT2D eigenvalue weighted by molar-refractivity contribution is -0.114. The highest BCUT2D eigenvalue weighted by Crippen LogP contribution is 2.24. The summed E-state index contributed by atoms with van der Waals surface area (Å²) in [6.07, 6.45) is 0. The van der Waals surface area contributed by atoms with Gasteiger partial charge in [-0.05, 0) is 56.7 Å².